The molecule has 2 saturated heterocycles. The lowest BCUT2D eigenvalue weighted by atomic mass is 9.96. The summed E-state index contributed by atoms with van der Waals surface area (Å²) in [6.07, 6.45) is 2.71. The molecule has 0 aromatic heterocycles. The van der Waals surface area contributed by atoms with Gasteiger partial charge in [-0.1, -0.05) is 0 Å². The molecule has 0 unspecified atom stereocenters. The van der Waals surface area contributed by atoms with E-state index in [1.54, 1.807) is 0 Å². The molecule has 0 aromatic carbocycles. The first-order chi connectivity index (χ1) is 8.84. The summed E-state index contributed by atoms with van der Waals surface area (Å²) in [5, 5.41) is 3.02. The van der Waals surface area contributed by atoms with Crippen LogP contribution >= 0.6 is 0 Å². The molecule has 0 bridgehead atoms. The number of morpholine rings is 1. The highest BCUT2D eigenvalue weighted by molar-refractivity contribution is 5.76. The summed E-state index contributed by atoms with van der Waals surface area (Å²) in [5.41, 5.74) is 0. The summed E-state index contributed by atoms with van der Waals surface area (Å²) in [5.74, 6) is 0.706. The van der Waals surface area contributed by atoms with E-state index in [2.05, 4.69) is 10.2 Å². The summed E-state index contributed by atoms with van der Waals surface area (Å²) < 4.78 is 10.6. The van der Waals surface area contributed by atoms with Crippen LogP contribution in [0.2, 0.25) is 0 Å². The topological polar surface area (TPSA) is 50.8 Å². The predicted octanol–water partition coefficient (Wildman–Crippen LogP) is 0.252. The van der Waals surface area contributed by atoms with Gasteiger partial charge in [0.1, 0.15) is 0 Å². The van der Waals surface area contributed by atoms with E-state index in [1.165, 1.54) is 0 Å². The van der Waals surface area contributed by atoms with Crippen molar-refractivity contribution in [3.8, 4) is 0 Å². The highest BCUT2D eigenvalue weighted by Crippen LogP contribution is 2.17. The first-order valence-electron chi connectivity index (χ1n) is 6.99. The number of nitrogens with one attached hydrogen (secondary N) is 1. The fourth-order valence-electron chi connectivity index (χ4n) is 2.46. The number of ether oxygens (including phenoxy) is 2. The lowest BCUT2D eigenvalue weighted by Gasteiger charge is -2.26. The van der Waals surface area contributed by atoms with Gasteiger partial charge in [-0.3, -0.25) is 9.69 Å². The van der Waals surface area contributed by atoms with Gasteiger partial charge in [-0.15, -0.1) is 0 Å². The van der Waals surface area contributed by atoms with Crippen molar-refractivity contribution in [1.29, 1.82) is 0 Å². The zero-order valence-corrected chi connectivity index (χ0v) is 11.0. The van der Waals surface area contributed by atoms with Gasteiger partial charge >= 0.3 is 0 Å². The van der Waals surface area contributed by atoms with E-state index in [4.69, 9.17) is 9.47 Å². The molecule has 2 fully saturated rings. The summed E-state index contributed by atoms with van der Waals surface area (Å²) >= 11 is 0. The molecule has 1 amide bonds. The molecule has 18 heavy (non-hydrogen) atoms. The fraction of sp³-hybridized carbons (Fsp3) is 0.923. The SMILES string of the molecule is O=C(CC1CCOCC1)NCCN1CCOCC1. The third kappa shape index (κ3) is 4.92. The predicted molar refractivity (Wildman–Crippen MR) is 68.4 cm³/mol. The van der Waals surface area contributed by atoms with Gasteiger partial charge in [0.25, 0.3) is 0 Å². The molecule has 2 rings (SSSR count). The van der Waals surface area contributed by atoms with Crippen LogP contribution in [0.15, 0.2) is 0 Å². The molecular weight excluding hydrogens is 232 g/mol. The molecule has 5 heteroatoms. The van der Waals surface area contributed by atoms with Crippen LogP contribution in [-0.2, 0) is 14.3 Å². The van der Waals surface area contributed by atoms with Crippen LogP contribution in [0.5, 0.6) is 0 Å². The van der Waals surface area contributed by atoms with E-state index in [9.17, 15) is 4.79 Å². The zero-order valence-electron chi connectivity index (χ0n) is 11.0. The molecule has 5 nitrogen and oxygen atoms in total. The minimum Gasteiger partial charge on any atom is -0.381 e. The second-order valence-corrected chi connectivity index (χ2v) is 5.06. The van der Waals surface area contributed by atoms with Crippen LogP contribution < -0.4 is 5.32 Å². The molecule has 2 heterocycles. The van der Waals surface area contributed by atoms with E-state index < -0.39 is 0 Å². The molecule has 0 spiro atoms. The maximum Gasteiger partial charge on any atom is 0.220 e. The van der Waals surface area contributed by atoms with Crippen molar-refractivity contribution in [2.24, 2.45) is 5.92 Å². The number of rotatable bonds is 5. The van der Waals surface area contributed by atoms with Gasteiger partial charge in [0.15, 0.2) is 0 Å². The fourth-order valence-corrected chi connectivity index (χ4v) is 2.46. The lowest BCUT2D eigenvalue weighted by molar-refractivity contribution is -0.122. The lowest BCUT2D eigenvalue weighted by Crippen LogP contribution is -2.41. The number of amides is 1. The summed E-state index contributed by atoms with van der Waals surface area (Å²) in [6, 6.07) is 0. The van der Waals surface area contributed by atoms with E-state index >= 15 is 0 Å². The Balaban J connectivity index is 1.53. The zero-order chi connectivity index (χ0) is 12.6. The Labute approximate surface area is 109 Å². The standard InChI is InChI=1S/C13H24N2O3/c16-13(11-12-1-7-17-8-2-12)14-3-4-15-5-9-18-10-6-15/h12H,1-11H2,(H,14,16). The highest BCUT2D eigenvalue weighted by atomic mass is 16.5. The first-order valence-corrected chi connectivity index (χ1v) is 6.99. The van der Waals surface area contributed by atoms with Gasteiger partial charge in [0, 0.05) is 45.8 Å². The third-order valence-electron chi connectivity index (χ3n) is 3.67. The van der Waals surface area contributed by atoms with Gasteiger partial charge in [0.2, 0.25) is 5.91 Å². The van der Waals surface area contributed by atoms with Gasteiger partial charge in [0.05, 0.1) is 13.2 Å². The Morgan fingerprint density at radius 1 is 1.11 bits per heavy atom. The normalized spacial score (nSPS) is 22.9. The van der Waals surface area contributed by atoms with Crippen LogP contribution in [0, 0.1) is 5.92 Å². The Morgan fingerprint density at radius 3 is 2.50 bits per heavy atom. The summed E-state index contributed by atoms with van der Waals surface area (Å²) in [7, 11) is 0. The molecule has 0 aliphatic carbocycles. The Hall–Kier alpha value is -0.650. The molecule has 0 aromatic rings. The van der Waals surface area contributed by atoms with Crippen molar-refractivity contribution in [3.05, 3.63) is 0 Å². The van der Waals surface area contributed by atoms with Gasteiger partial charge in [-0.25, -0.2) is 0 Å². The summed E-state index contributed by atoms with van der Waals surface area (Å²) in [4.78, 5) is 14.1. The van der Waals surface area contributed by atoms with E-state index in [0.29, 0.717) is 12.3 Å². The Bertz CT molecular complexity index is 249. The van der Waals surface area contributed by atoms with Gasteiger partial charge in [-0.05, 0) is 18.8 Å². The minimum absolute atomic E-state index is 0.190. The molecule has 2 aliphatic rings. The van der Waals surface area contributed by atoms with Crippen molar-refractivity contribution in [1.82, 2.24) is 10.2 Å². The average Bonchev–Trinajstić information content (AvgIpc) is 2.41. The van der Waals surface area contributed by atoms with Crippen LogP contribution in [0.1, 0.15) is 19.3 Å². The molecule has 2 aliphatic heterocycles. The van der Waals surface area contributed by atoms with Crippen molar-refractivity contribution >= 4 is 5.91 Å². The van der Waals surface area contributed by atoms with Crippen LogP contribution in [0.25, 0.3) is 0 Å². The van der Waals surface area contributed by atoms with Crippen LogP contribution in [0.3, 0.4) is 0 Å². The second kappa shape index (κ2) is 7.71. The first kappa shape index (κ1) is 13.8. The van der Waals surface area contributed by atoms with Gasteiger partial charge in [-0.2, -0.15) is 0 Å². The molecule has 0 saturated carbocycles. The largest absolute Gasteiger partial charge is 0.381 e. The average molecular weight is 256 g/mol. The molecule has 0 atom stereocenters. The van der Waals surface area contributed by atoms with Crippen molar-refractivity contribution in [3.63, 3.8) is 0 Å². The van der Waals surface area contributed by atoms with Crippen molar-refractivity contribution < 1.29 is 14.3 Å². The smallest absolute Gasteiger partial charge is 0.220 e. The number of hydrogen-bond acceptors (Lipinski definition) is 4. The molecule has 0 radical (unpaired) electrons. The van der Waals surface area contributed by atoms with Crippen molar-refractivity contribution in [2.75, 3.05) is 52.6 Å². The monoisotopic (exact) mass is 256 g/mol. The maximum atomic E-state index is 11.8. The van der Waals surface area contributed by atoms with Crippen LogP contribution in [-0.4, -0.2) is 63.4 Å². The minimum atomic E-state index is 0.190. The molecule has 104 valence electrons. The number of carbonyl (C=O) groups is 1. The number of hydrogen-bond donors (Lipinski definition) is 1. The van der Waals surface area contributed by atoms with Crippen molar-refractivity contribution in [2.45, 2.75) is 19.3 Å². The molecule has 1 N–H and O–H groups in total. The van der Waals surface area contributed by atoms with E-state index in [1.807, 2.05) is 0 Å². The Kier molecular flexibility index (Phi) is 5.90. The van der Waals surface area contributed by atoms with Crippen LogP contribution in [0.4, 0.5) is 0 Å². The molecular formula is C13H24N2O3. The quantitative estimate of drug-likeness (QED) is 0.766. The third-order valence-corrected chi connectivity index (χ3v) is 3.67. The number of carbonyl (C=O) groups excluding carboxylic acids is 1. The summed E-state index contributed by atoms with van der Waals surface area (Å²) in [6.45, 7) is 6.90. The maximum absolute atomic E-state index is 11.8. The van der Waals surface area contributed by atoms with E-state index in [0.717, 1.165) is 65.4 Å². The Morgan fingerprint density at radius 2 is 1.78 bits per heavy atom. The highest BCUT2D eigenvalue weighted by Gasteiger charge is 2.17. The van der Waals surface area contributed by atoms with Gasteiger partial charge < -0.3 is 14.8 Å². The second-order valence-electron chi connectivity index (χ2n) is 5.06. The van der Waals surface area contributed by atoms with E-state index in [-0.39, 0.29) is 5.91 Å². The number of nitrogens with zero attached hydrogens (tertiary/aromatic N) is 1.